The molecule has 1 unspecified atom stereocenters. The van der Waals surface area contributed by atoms with Crippen molar-refractivity contribution in [2.45, 2.75) is 82.0 Å². The number of carboxylic acid groups (broad SMARTS) is 1. The molecule has 11 nitrogen and oxygen atoms in total. The molecule has 0 radical (unpaired) electrons. The van der Waals surface area contributed by atoms with E-state index >= 15 is 0 Å². The van der Waals surface area contributed by atoms with Crippen molar-refractivity contribution in [3.05, 3.63) is 58.7 Å². The molecule has 46 heavy (non-hydrogen) atoms. The number of ether oxygens (including phenoxy) is 2. The van der Waals surface area contributed by atoms with Crippen LogP contribution in [0.2, 0.25) is 5.02 Å². The maximum atomic E-state index is 13.9. The smallest absolute Gasteiger partial charge is 0.429 e. The second-order valence-corrected chi connectivity index (χ2v) is 11.6. The fraction of sp³-hybridized carbons (Fsp3) is 0.516. The van der Waals surface area contributed by atoms with Crippen molar-refractivity contribution in [1.82, 2.24) is 9.88 Å². The molecule has 2 heterocycles. The number of nitrogens with one attached hydrogen (secondary N) is 1. The van der Waals surface area contributed by atoms with Gasteiger partial charge in [-0.25, -0.2) is 0 Å². The van der Waals surface area contributed by atoms with Crippen molar-refractivity contribution in [3.8, 4) is 11.5 Å². The van der Waals surface area contributed by atoms with Gasteiger partial charge in [0.05, 0.1) is 35.8 Å². The molecule has 15 heteroatoms. The number of aryl methyl sites for hydroxylation is 1. The van der Waals surface area contributed by atoms with E-state index in [0.29, 0.717) is 34.8 Å². The summed E-state index contributed by atoms with van der Waals surface area (Å²) < 4.78 is 54.4. The number of aliphatic hydroxyl groups excluding tert-OH is 5. The van der Waals surface area contributed by atoms with Gasteiger partial charge in [-0.3, -0.25) is 4.79 Å². The van der Waals surface area contributed by atoms with Crippen LogP contribution in [-0.4, -0.2) is 98.1 Å². The second kappa shape index (κ2) is 16.1. The molecule has 0 saturated heterocycles. The van der Waals surface area contributed by atoms with Gasteiger partial charge in [0.25, 0.3) is 0 Å². The highest BCUT2D eigenvalue weighted by Crippen LogP contribution is 2.45. The van der Waals surface area contributed by atoms with Crippen LogP contribution in [0.3, 0.4) is 0 Å². The Kier molecular flexibility index (Phi) is 13.1. The SMILES string of the molecule is CC(C)Oc1ccc(C(Oc2ccc3c(c2)c(Cl)c2n3CC[C@@H]2CC(=O)O)C(F)(F)F)cc1.CNC[C@H](O)[C@@H](O)[C@H](O)[C@H](O)CO. The lowest BCUT2D eigenvalue weighted by atomic mass is 10.0. The standard InChI is InChI=1S/C24H23ClF3NO4.C7H17NO5/c1-13(2)32-16-5-3-14(4-6-16)23(24(26,27)28)33-17-7-8-19-18(12-17)21(25)22-15(11-20(30)31)9-10-29(19)22;1-8-2-4(10)6(12)7(13)5(11)3-9/h3-8,12-13,15,23H,9-11H2,1-2H3,(H,30,31);4-13H,2-3H2,1H3/t15-,23?;4-,5+,6+,7+/m10/s1. The Balaban J connectivity index is 0.000000376. The van der Waals surface area contributed by atoms with Crippen LogP contribution in [0, 0.1) is 0 Å². The molecule has 0 bridgehead atoms. The number of aliphatic hydroxyl groups is 5. The fourth-order valence-electron chi connectivity index (χ4n) is 5.20. The number of benzene rings is 2. The second-order valence-electron chi connectivity index (χ2n) is 11.2. The van der Waals surface area contributed by atoms with E-state index in [2.05, 4.69) is 5.32 Å². The summed E-state index contributed by atoms with van der Waals surface area (Å²) in [4.78, 5) is 11.2. The molecule has 7 N–H and O–H groups in total. The van der Waals surface area contributed by atoms with Gasteiger partial charge in [0.15, 0.2) is 0 Å². The lowest BCUT2D eigenvalue weighted by Gasteiger charge is -2.25. The minimum atomic E-state index is -4.64. The van der Waals surface area contributed by atoms with E-state index in [1.807, 2.05) is 18.4 Å². The molecule has 0 spiro atoms. The van der Waals surface area contributed by atoms with Crippen molar-refractivity contribution in [2.24, 2.45) is 0 Å². The average molecular weight is 677 g/mol. The third kappa shape index (κ3) is 9.25. The van der Waals surface area contributed by atoms with Gasteiger partial charge in [-0.2, -0.15) is 13.2 Å². The number of rotatable bonds is 13. The molecule has 0 saturated carbocycles. The number of likely N-dealkylation sites (N-methyl/N-ethyl adjacent to an activating group) is 1. The fourth-order valence-corrected chi connectivity index (χ4v) is 5.61. The summed E-state index contributed by atoms with van der Waals surface area (Å²) in [5.41, 5.74) is 1.40. The quantitative estimate of drug-likeness (QED) is 0.142. The van der Waals surface area contributed by atoms with Crippen molar-refractivity contribution in [2.75, 3.05) is 20.2 Å². The zero-order chi connectivity index (χ0) is 34.3. The maximum absolute atomic E-state index is 13.9. The highest BCUT2D eigenvalue weighted by atomic mass is 35.5. The van der Waals surface area contributed by atoms with E-state index in [-0.39, 0.29) is 36.3 Å². The van der Waals surface area contributed by atoms with Crippen LogP contribution < -0.4 is 14.8 Å². The number of aliphatic carboxylic acids is 1. The van der Waals surface area contributed by atoms with E-state index in [1.165, 1.54) is 36.4 Å². The molecule has 0 amide bonds. The lowest BCUT2D eigenvalue weighted by Crippen LogP contribution is -2.48. The Morgan fingerprint density at radius 2 is 1.63 bits per heavy atom. The number of hydrogen-bond acceptors (Lipinski definition) is 9. The summed E-state index contributed by atoms with van der Waals surface area (Å²) in [6, 6.07) is 10.3. The molecule has 1 aliphatic rings. The normalized spacial score (nSPS) is 17.9. The van der Waals surface area contributed by atoms with Gasteiger partial charge in [-0.05, 0) is 57.6 Å². The number of carbonyl (C=O) groups is 1. The monoisotopic (exact) mass is 676 g/mol. The van der Waals surface area contributed by atoms with E-state index < -0.39 is 49.3 Å². The van der Waals surface area contributed by atoms with Gasteiger partial charge in [0, 0.05) is 35.7 Å². The van der Waals surface area contributed by atoms with Crippen molar-refractivity contribution < 1.29 is 58.1 Å². The number of aromatic nitrogens is 1. The van der Waals surface area contributed by atoms with Crippen LogP contribution in [0.4, 0.5) is 13.2 Å². The molecule has 1 aliphatic heterocycles. The van der Waals surface area contributed by atoms with Gasteiger partial charge in [0.1, 0.15) is 29.8 Å². The molecule has 0 aliphatic carbocycles. The van der Waals surface area contributed by atoms with Gasteiger partial charge in [0.2, 0.25) is 6.10 Å². The Labute approximate surface area is 268 Å². The minimum Gasteiger partial charge on any atom is -0.491 e. The summed E-state index contributed by atoms with van der Waals surface area (Å²) in [6.07, 6.45) is -12.0. The number of halogens is 4. The lowest BCUT2D eigenvalue weighted by molar-refractivity contribution is -0.198. The molecular formula is C31H40ClF3N2O9. The van der Waals surface area contributed by atoms with Gasteiger partial charge >= 0.3 is 12.1 Å². The van der Waals surface area contributed by atoms with Gasteiger partial charge in [-0.15, -0.1) is 0 Å². The largest absolute Gasteiger partial charge is 0.491 e. The number of hydrogen-bond donors (Lipinski definition) is 7. The van der Waals surface area contributed by atoms with Crippen LogP contribution in [0.25, 0.3) is 10.9 Å². The Hall–Kier alpha value is -3.11. The number of carboxylic acids is 1. The first-order valence-corrected chi connectivity index (χ1v) is 15.0. The van der Waals surface area contributed by atoms with Crippen molar-refractivity contribution in [3.63, 3.8) is 0 Å². The molecular weight excluding hydrogens is 637 g/mol. The molecule has 256 valence electrons. The summed E-state index contributed by atoms with van der Waals surface area (Å²) in [5, 5.41) is 57.5. The van der Waals surface area contributed by atoms with E-state index in [0.717, 1.165) is 5.52 Å². The van der Waals surface area contributed by atoms with E-state index in [9.17, 15) is 23.1 Å². The first-order valence-electron chi connectivity index (χ1n) is 14.6. The summed E-state index contributed by atoms with van der Waals surface area (Å²) in [5.74, 6) is -0.659. The molecule has 6 atom stereocenters. The van der Waals surface area contributed by atoms with E-state index in [1.54, 1.807) is 13.1 Å². The molecule has 3 aromatic rings. The van der Waals surface area contributed by atoms with Crippen LogP contribution in [0.1, 0.15) is 50.0 Å². The average Bonchev–Trinajstić information content (AvgIpc) is 3.52. The summed E-state index contributed by atoms with van der Waals surface area (Å²) >= 11 is 6.55. The first kappa shape index (κ1) is 37.3. The number of alkyl halides is 3. The Morgan fingerprint density at radius 3 is 2.17 bits per heavy atom. The van der Waals surface area contributed by atoms with Gasteiger partial charge < -0.3 is 50.0 Å². The molecule has 4 rings (SSSR count). The Bertz CT molecular complexity index is 1440. The van der Waals surface area contributed by atoms with Crippen LogP contribution in [0.5, 0.6) is 11.5 Å². The van der Waals surface area contributed by atoms with Crippen LogP contribution in [-0.2, 0) is 11.3 Å². The molecule has 1 aromatic heterocycles. The topological polar surface area (TPSA) is 174 Å². The zero-order valence-electron chi connectivity index (χ0n) is 25.5. The molecule has 0 fully saturated rings. The maximum Gasteiger partial charge on any atom is 0.429 e. The van der Waals surface area contributed by atoms with Crippen LogP contribution in [0.15, 0.2) is 42.5 Å². The number of fused-ring (bicyclic) bond motifs is 3. The predicted octanol–water partition coefficient (Wildman–Crippen LogP) is 3.37. The Morgan fingerprint density at radius 1 is 1.02 bits per heavy atom. The predicted molar refractivity (Wildman–Crippen MR) is 163 cm³/mol. The first-order chi connectivity index (χ1) is 21.6. The summed E-state index contributed by atoms with van der Waals surface area (Å²) in [6.45, 7) is 3.70. The minimum absolute atomic E-state index is 0.0216. The highest BCUT2D eigenvalue weighted by Gasteiger charge is 2.43. The zero-order valence-corrected chi connectivity index (χ0v) is 26.2. The van der Waals surface area contributed by atoms with E-state index in [4.69, 9.17) is 46.6 Å². The van der Waals surface area contributed by atoms with Crippen molar-refractivity contribution in [1.29, 1.82) is 0 Å². The third-order valence-electron chi connectivity index (χ3n) is 7.36. The van der Waals surface area contributed by atoms with Gasteiger partial charge in [-0.1, -0.05) is 23.7 Å². The highest BCUT2D eigenvalue weighted by molar-refractivity contribution is 6.36. The third-order valence-corrected chi connectivity index (χ3v) is 7.76. The molecule has 2 aromatic carbocycles. The van der Waals surface area contributed by atoms with Crippen LogP contribution >= 0.6 is 11.6 Å². The summed E-state index contributed by atoms with van der Waals surface area (Å²) in [7, 11) is 1.57. The van der Waals surface area contributed by atoms with Crippen molar-refractivity contribution >= 4 is 28.5 Å². The number of nitrogens with zero attached hydrogens (tertiary/aromatic N) is 1.